The topological polar surface area (TPSA) is 149 Å². The summed E-state index contributed by atoms with van der Waals surface area (Å²) < 4.78 is 27.8. The molecule has 2 atom stereocenters. The Morgan fingerprint density at radius 1 is 1.04 bits per heavy atom. The fourth-order valence-electron chi connectivity index (χ4n) is 4.47. The van der Waals surface area contributed by atoms with Gasteiger partial charge in [-0.2, -0.15) is 5.10 Å². The van der Waals surface area contributed by atoms with Crippen molar-refractivity contribution in [3.63, 3.8) is 0 Å². The van der Waals surface area contributed by atoms with Gasteiger partial charge >= 0.3 is 12.0 Å². The van der Waals surface area contributed by atoms with E-state index in [1.54, 1.807) is 56.5 Å². The van der Waals surface area contributed by atoms with E-state index in [0.717, 1.165) is 5.56 Å². The smallest absolute Gasteiger partial charge is 0.337 e. The second kappa shape index (κ2) is 15.7. The molecule has 13 heteroatoms. The zero-order chi connectivity index (χ0) is 32.3. The van der Waals surface area contributed by atoms with E-state index in [4.69, 9.17) is 35.3 Å². The van der Waals surface area contributed by atoms with Gasteiger partial charge in [0.1, 0.15) is 13.2 Å². The number of aliphatic hydroxyl groups is 1. The third-order valence-corrected chi connectivity index (χ3v) is 7.01. The molecule has 0 aromatic heterocycles. The van der Waals surface area contributed by atoms with Crippen LogP contribution in [0.15, 0.2) is 77.0 Å². The van der Waals surface area contributed by atoms with E-state index >= 15 is 0 Å². The summed E-state index contributed by atoms with van der Waals surface area (Å²) in [5, 5.41) is 20.5. The first-order valence-corrected chi connectivity index (χ1v) is 14.4. The molecule has 0 saturated heterocycles. The van der Waals surface area contributed by atoms with Crippen LogP contribution in [0.1, 0.15) is 36.6 Å². The van der Waals surface area contributed by atoms with Crippen LogP contribution in [0.5, 0.6) is 23.0 Å². The summed E-state index contributed by atoms with van der Waals surface area (Å²) >= 11 is 6.21. The Hall–Kier alpha value is -4.94. The zero-order valence-corrected chi connectivity index (χ0v) is 26.0. The highest BCUT2D eigenvalue weighted by atomic mass is 35.5. The number of benzene rings is 3. The molecule has 2 amide bonds. The molecule has 0 radical (unpaired) electrons. The van der Waals surface area contributed by atoms with Crippen LogP contribution in [0.3, 0.4) is 0 Å². The van der Waals surface area contributed by atoms with Crippen molar-refractivity contribution in [3.8, 4) is 23.0 Å². The second-order valence-corrected chi connectivity index (χ2v) is 10.1. The van der Waals surface area contributed by atoms with Gasteiger partial charge in [-0.25, -0.2) is 9.59 Å². The van der Waals surface area contributed by atoms with Crippen molar-refractivity contribution < 1.29 is 38.4 Å². The van der Waals surface area contributed by atoms with Gasteiger partial charge in [-0.3, -0.25) is 5.43 Å². The van der Waals surface area contributed by atoms with Crippen molar-refractivity contribution >= 4 is 29.8 Å². The minimum absolute atomic E-state index is 0.161. The molecule has 12 nitrogen and oxygen atoms in total. The highest BCUT2D eigenvalue weighted by Crippen LogP contribution is 2.35. The van der Waals surface area contributed by atoms with Gasteiger partial charge in [0.05, 0.1) is 38.7 Å². The molecule has 3 aromatic rings. The van der Waals surface area contributed by atoms with E-state index in [0.29, 0.717) is 51.5 Å². The number of halogens is 1. The SMILES string of the molecule is CCOc1cc([C@@H]2NC(=O)NC(C)=C2C(=O)OC)ccc1OC[C@H](O)N/N=C\c1ccc(OCc2ccccc2Cl)c(OC)c1. The maximum Gasteiger partial charge on any atom is 0.337 e. The molecule has 1 aliphatic heterocycles. The minimum Gasteiger partial charge on any atom is -0.493 e. The van der Waals surface area contributed by atoms with Crippen LogP contribution >= 0.6 is 11.6 Å². The number of hydrazone groups is 1. The van der Waals surface area contributed by atoms with Gasteiger partial charge in [0.25, 0.3) is 0 Å². The fraction of sp³-hybridized carbons (Fsp3) is 0.281. The maximum atomic E-state index is 12.4. The number of nitrogens with one attached hydrogen (secondary N) is 3. The molecule has 238 valence electrons. The van der Waals surface area contributed by atoms with Crippen LogP contribution in [0.4, 0.5) is 4.79 Å². The molecule has 0 unspecified atom stereocenters. The summed E-state index contributed by atoms with van der Waals surface area (Å²) in [5.74, 6) is 1.19. The van der Waals surface area contributed by atoms with Crippen molar-refractivity contribution in [1.29, 1.82) is 0 Å². The normalized spacial score (nSPS) is 15.2. The van der Waals surface area contributed by atoms with Crippen LogP contribution in [0.25, 0.3) is 0 Å². The number of carbonyl (C=O) groups is 2. The van der Waals surface area contributed by atoms with Crippen LogP contribution in [-0.4, -0.2) is 57.0 Å². The first kappa shape index (κ1) is 33.0. The maximum absolute atomic E-state index is 12.4. The third-order valence-electron chi connectivity index (χ3n) is 6.64. The van der Waals surface area contributed by atoms with E-state index in [1.807, 2.05) is 25.1 Å². The Bertz CT molecular complexity index is 1580. The Labute approximate surface area is 265 Å². The molecule has 4 rings (SSSR count). The van der Waals surface area contributed by atoms with E-state index in [-0.39, 0.29) is 18.8 Å². The lowest BCUT2D eigenvalue weighted by atomic mass is 9.95. The number of methoxy groups -OCH3 is 2. The predicted molar refractivity (Wildman–Crippen MR) is 168 cm³/mol. The Morgan fingerprint density at radius 2 is 1.80 bits per heavy atom. The van der Waals surface area contributed by atoms with Crippen LogP contribution < -0.4 is 35.0 Å². The van der Waals surface area contributed by atoms with Gasteiger partial charge in [0.2, 0.25) is 0 Å². The average molecular weight is 639 g/mol. The molecule has 3 aromatic carbocycles. The molecule has 0 spiro atoms. The highest BCUT2D eigenvalue weighted by Gasteiger charge is 2.32. The zero-order valence-electron chi connectivity index (χ0n) is 25.3. The van der Waals surface area contributed by atoms with E-state index < -0.39 is 24.3 Å². The third kappa shape index (κ3) is 8.58. The quantitative estimate of drug-likeness (QED) is 0.0870. The Morgan fingerprint density at radius 3 is 2.53 bits per heavy atom. The number of urea groups is 1. The lowest BCUT2D eigenvalue weighted by Gasteiger charge is -2.28. The van der Waals surface area contributed by atoms with Gasteiger partial charge in [0.15, 0.2) is 29.2 Å². The lowest BCUT2D eigenvalue weighted by molar-refractivity contribution is -0.136. The van der Waals surface area contributed by atoms with Gasteiger partial charge in [-0.05, 0) is 61.4 Å². The van der Waals surface area contributed by atoms with Crippen LogP contribution in [-0.2, 0) is 16.1 Å². The summed E-state index contributed by atoms with van der Waals surface area (Å²) in [7, 11) is 2.81. The lowest BCUT2D eigenvalue weighted by Crippen LogP contribution is -2.45. The number of carbonyl (C=O) groups excluding carboxylic acids is 2. The fourth-order valence-corrected chi connectivity index (χ4v) is 4.66. The van der Waals surface area contributed by atoms with Crippen molar-refractivity contribution in [3.05, 3.63) is 93.6 Å². The molecule has 0 fully saturated rings. The summed E-state index contributed by atoms with van der Waals surface area (Å²) in [5.41, 5.74) is 5.41. The van der Waals surface area contributed by atoms with E-state index in [9.17, 15) is 14.7 Å². The summed E-state index contributed by atoms with van der Waals surface area (Å²) in [6, 6.07) is 16.5. The molecule has 1 heterocycles. The Kier molecular flexibility index (Phi) is 11.5. The number of ether oxygens (including phenoxy) is 5. The van der Waals surface area contributed by atoms with Crippen molar-refractivity contribution in [2.75, 3.05) is 27.4 Å². The van der Waals surface area contributed by atoms with Gasteiger partial charge < -0.3 is 39.4 Å². The van der Waals surface area contributed by atoms with Crippen molar-refractivity contribution in [2.24, 2.45) is 5.10 Å². The highest BCUT2D eigenvalue weighted by molar-refractivity contribution is 6.31. The number of hydrogen-bond acceptors (Lipinski definition) is 10. The summed E-state index contributed by atoms with van der Waals surface area (Å²) in [6.07, 6.45) is 0.363. The molecule has 0 aliphatic carbocycles. The molecule has 0 saturated carbocycles. The average Bonchev–Trinajstić information content (AvgIpc) is 3.03. The number of amides is 2. The van der Waals surface area contributed by atoms with Crippen molar-refractivity contribution in [1.82, 2.24) is 16.1 Å². The Balaban J connectivity index is 1.37. The number of nitrogens with zero attached hydrogens (tertiary/aromatic N) is 1. The van der Waals surface area contributed by atoms with Gasteiger partial charge in [-0.15, -0.1) is 0 Å². The van der Waals surface area contributed by atoms with Crippen LogP contribution in [0.2, 0.25) is 5.02 Å². The first-order chi connectivity index (χ1) is 21.7. The number of aliphatic hydroxyl groups excluding tert-OH is 1. The first-order valence-electron chi connectivity index (χ1n) is 14.0. The van der Waals surface area contributed by atoms with Crippen molar-refractivity contribution in [2.45, 2.75) is 32.7 Å². The van der Waals surface area contributed by atoms with Crippen LogP contribution in [0, 0.1) is 0 Å². The molecular formula is C32H35ClN4O8. The van der Waals surface area contributed by atoms with E-state index in [2.05, 4.69) is 21.2 Å². The number of rotatable bonds is 14. The summed E-state index contributed by atoms with van der Waals surface area (Å²) in [4.78, 5) is 24.6. The number of allylic oxidation sites excluding steroid dienone is 1. The predicted octanol–water partition coefficient (Wildman–Crippen LogP) is 4.45. The molecule has 0 bridgehead atoms. The summed E-state index contributed by atoms with van der Waals surface area (Å²) in [6.45, 7) is 3.88. The van der Waals surface area contributed by atoms with Gasteiger partial charge in [0, 0.05) is 16.3 Å². The van der Waals surface area contributed by atoms with E-state index in [1.165, 1.54) is 13.3 Å². The minimum atomic E-state index is -1.16. The van der Waals surface area contributed by atoms with Gasteiger partial charge in [-0.1, -0.05) is 35.9 Å². The second-order valence-electron chi connectivity index (χ2n) is 9.71. The molecular weight excluding hydrogens is 604 g/mol. The number of esters is 1. The molecule has 1 aliphatic rings. The molecule has 4 N–H and O–H groups in total. The molecule has 45 heavy (non-hydrogen) atoms. The standard InChI is InChI=1S/C32H35ClN4O8/c1-5-43-27-15-21(30-29(31(39)42-4)19(2)35-32(40)36-30)11-13-25(27)45-18-28(38)37-34-16-20-10-12-24(26(14-20)41-3)44-17-22-8-6-7-9-23(22)33/h6-16,28,30,37-38H,5,17-18H2,1-4H3,(H2,35,36,40)/b34-16-/t28-,30-/m0/s1. The largest absolute Gasteiger partial charge is 0.493 e. The monoisotopic (exact) mass is 638 g/mol. The number of hydrogen-bond donors (Lipinski definition) is 4.